The fourth-order valence-corrected chi connectivity index (χ4v) is 4.45. The van der Waals surface area contributed by atoms with Gasteiger partial charge >= 0.3 is 5.97 Å². The zero-order chi connectivity index (χ0) is 20.2. The number of amides is 1. The van der Waals surface area contributed by atoms with Crippen molar-refractivity contribution in [3.05, 3.63) is 29.8 Å². The first-order valence-electron chi connectivity index (χ1n) is 9.13. The molecular formula is C19H28N2O5S. The molecule has 1 amide bonds. The highest BCUT2D eigenvalue weighted by Crippen LogP contribution is 2.21. The van der Waals surface area contributed by atoms with Gasteiger partial charge in [0.15, 0.2) is 0 Å². The highest BCUT2D eigenvalue weighted by atomic mass is 32.2. The minimum absolute atomic E-state index is 0.108. The summed E-state index contributed by atoms with van der Waals surface area (Å²) in [6, 6.07) is 5.86. The molecule has 1 aromatic rings. The van der Waals surface area contributed by atoms with E-state index in [1.165, 1.54) is 24.3 Å². The van der Waals surface area contributed by atoms with E-state index in [9.17, 15) is 18.0 Å². The predicted molar refractivity (Wildman–Crippen MR) is 102 cm³/mol. The van der Waals surface area contributed by atoms with Crippen molar-refractivity contribution in [2.75, 3.05) is 19.7 Å². The first kappa shape index (κ1) is 21.4. The summed E-state index contributed by atoms with van der Waals surface area (Å²) in [5.74, 6) is -0.792. The third-order valence-corrected chi connectivity index (χ3v) is 5.95. The Morgan fingerprint density at radius 2 is 1.85 bits per heavy atom. The van der Waals surface area contributed by atoms with Crippen LogP contribution in [-0.2, 0) is 19.6 Å². The van der Waals surface area contributed by atoms with Gasteiger partial charge in [-0.3, -0.25) is 9.59 Å². The minimum Gasteiger partial charge on any atom is -0.466 e. The summed E-state index contributed by atoms with van der Waals surface area (Å²) < 4.78 is 32.3. The Kier molecular flexibility index (Phi) is 6.64. The monoisotopic (exact) mass is 396 g/mol. The molecule has 0 aliphatic carbocycles. The number of likely N-dealkylation sites (tertiary alicyclic amines) is 1. The van der Waals surface area contributed by atoms with Crippen molar-refractivity contribution in [3.63, 3.8) is 0 Å². The lowest BCUT2D eigenvalue weighted by molar-refractivity contribution is -0.149. The van der Waals surface area contributed by atoms with Crippen LogP contribution >= 0.6 is 0 Å². The molecule has 1 fully saturated rings. The van der Waals surface area contributed by atoms with Crippen molar-refractivity contribution in [3.8, 4) is 0 Å². The largest absolute Gasteiger partial charge is 0.466 e. The second-order valence-electron chi connectivity index (χ2n) is 7.72. The number of benzene rings is 1. The van der Waals surface area contributed by atoms with Crippen LogP contribution in [0.2, 0.25) is 0 Å². The Balaban J connectivity index is 2.10. The van der Waals surface area contributed by atoms with Gasteiger partial charge in [0.05, 0.1) is 17.4 Å². The summed E-state index contributed by atoms with van der Waals surface area (Å²) in [5, 5.41) is 0. The first-order valence-corrected chi connectivity index (χ1v) is 10.6. The van der Waals surface area contributed by atoms with Gasteiger partial charge in [-0.05, 0) is 64.8 Å². The molecule has 8 heteroatoms. The van der Waals surface area contributed by atoms with Crippen molar-refractivity contribution >= 4 is 21.9 Å². The second kappa shape index (κ2) is 8.39. The fraction of sp³-hybridized carbons (Fsp3) is 0.579. The number of hydrogen-bond donors (Lipinski definition) is 1. The molecule has 0 aromatic heterocycles. The first-order chi connectivity index (χ1) is 12.5. The van der Waals surface area contributed by atoms with Crippen LogP contribution in [0.5, 0.6) is 0 Å². The molecule has 27 heavy (non-hydrogen) atoms. The molecule has 0 unspecified atom stereocenters. The van der Waals surface area contributed by atoms with Crippen molar-refractivity contribution in [1.82, 2.24) is 9.62 Å². The van der Waals surface area contributed by atoms with E-state index >= 15 is 0 Å². The summed E-state index contributed by atoms with van der Waals surface area (Å²) in [4.78, 5) is 26.4. The van der Waals surface area contributed by atoms with Crippen molar-refractivity contribution in [2.45, 2.75) is 51.0 Å². The highest BCUT2D eigenvalue weighted by Gasteiger charge is 2.30. The molecule has 0 saturated carbocycles. The average molecular weight is 397 g/mol. The molecule has 1 N–H and O–H groups in total. The number of esters is 1. The molecule has 0 radical (unpaired) electrons. The van der Waals surface area contributed by atoms with Gasteiger partial charge in [0.2, 0.25) is 10.0 Å². The maximum atomic E-state index is 12.7. The van der Waals surface area contributed by atoms with E-state index in [0.717, 1.165) is 6.42 Å². The van der Waals surface area contributed by atoms with Gasteiger partial charge in [-0.1, -0.05) is 0 Å². The normalized spacial score (nSPS) is 18.2. The topological polar surface area (TPSA) is 92.8 Å². The van der Waals surface area contributed by atoms with Gasteiger partial charge in [-0.2, -0.15) is 0 Å². The van der Waals surface area contributed by atoms with Crippen LogP contribution in [0.15, 0.2) is 29.2 Å². The van der Waals surface area contributed by atoms with Crippen LogP contribution in [0.4, 0.5) is 0 Å². The van der Waals surface area contributed by atoms with E-state index in [4.69, 9.17) is 4.74 Å². The van der Waals surface area contributed by atoms with Gasteiger partial charge in [0.1, 0.15) is 0 Å². The number of carbonyl (C=O) groups excluding carboxylic acids is 2. The molecule has 150 valence electrons. The van der Waals surface area contributed by atoms with E-state index in [1.807, 2.05) is 0 Å². The summed E-state index contributed by atoms with van der Waals surface area (Å²) in [7, 11) is -3.65. The quantitative estimate of drug-likeness (QED) is 0.770. The lowest BCUT2D eigenvalue weighted by Gasteiger charge is -2.31. The van der Waals surface area contributed by atoms with E-state index in [-0.39, 0.29) is 22.7 Å². The third kappa shape index (κ3) is 5.77. The third-order valence-electron chi connectivity index (χ3n) is 4.18. The molecule has 0 spiro atoms. The standard InChI is InChI=1S/C19H28N2O5S/c1-5-26-18(23)15-7-6-12-21(13-15)17(22)14-8-10-16(11-9-14)27(24,25)20-19(2,3)4/h8-11,15,20H,5-7,12-13H2,1-4H3/t15-/m1/s1. The van der Waals surface area contributed by atoms with Gasteiger partial charge < -0.3 is 9.64 Å². The van der Waals surface area contributed by atoms with Crippen LogP contribution in [-0.4, -0.2) is 50.4 Å². The average Bonchev–Trinajstić information content (AvgIpc) is 2.59. The summed E-state index contributed by atoms with van der Waals surface area (Å²) in [6.45, 7) is 8.26. The molecular weight excluding hydrogens is 368 g/mol. The van der Waals surface area contributed by atoms with Crippen molar-refractivity contribution in [1.29, 1.82) is 0 Å². The molecule has 1 heterocycles. The van der Waals surface area contributed by atoms with E-state index < -0.39 is 15.6 Å². The van der Waals surface area contributed by atoms with Crippen LogP contribution in [0.3, 0.4) is 0 Å². The number of nitrogens with one attached hydrogen (secondary N) is 1. The second-order valence-corrected chi connectivity index (χ2v) is 9.40. The molecule has 1 atom stereocenters. The van der Waals surface area contributed by atoms with E-state index in [0.29, 0.717) is 31.7 Å². The Morgan fingerprint density at radius 1 is 1.22 bits per heavy atom. The van der Waals surface area contributed by atoms with Crippen LogP contribution in [0.25, 0.3) is 0 Å². The summed E-state index contributed by atoms with van der Waals surface area (Å²) in [6.07, 6.45) is 1.44. The molecule has 1 aromatic carbocycles. The smallest absolute Gasteiger partial charge is 0.310 e. The maximum absolute atomic E-state index is 12.7. The Morgan fingerprint density at radius 3 is 2.41 bits per heavy atom. The van der Waals surface area contributed by atoms with Gasteiger partial charge in [-0.25, -0.2) is 13.1 Å². The summed E-state index contributed by atoms with van der Waals surface area (Å²) >= 11 is 0. The number of hydrogen-bond acceptors (Lipinski definition) is 5. The Bertz CT molecular complexity index is 781. The SMILES string of the molecule is CCOC(=O)[C@@H]1CCCN(C(=O)c2ccc(S(=O)(=O)NC(C)(C)C)cc2)C1. The number of rotatable bonds is 5. The van der Waals surface area contributed by atoms with Crippen molar-refractivity contribution in [2.24, 2.45) is 5.92 Å². The number of nitrogens with zero attached hydrogens (tertiary/aromatic N) is 1. The summed E-state index contributed by atoms with van der Waals surface area (Å²) in [5.41, 5.74) is -0.197. The fourth-order valence-electron chi connectivity index (χ4n) is 3.04. The lowest BCUT2D eigenvalue weighted by atomic mass is 9.97. The van der Waals surface area contributed by atoms with Crippen LogP contribution in [0.1, 0.15) is 50.9 Å². The van der Waals surface area contributed by atoms with Gasteiger partial charge in [0.25, 0.3) is 5.91 Å². The predicted octanol–water partition coefficient (Wildman–Crippen LogP) is 2.18. The van der Waals surface area contributed by atoms with Crippen LogP contribution < -0.4 is 4.72 Å². The number of piperidine rings is 1. The molecule has 1 aliphatic heterocycles. The lowest BCUT2D eigenvalue weighted by Crippen LogP contribution is -2.43. The number of sulfonamides is 1. The number of carbonyl (C=O) groups is 2. The zero-order valence-electron chi connectivity index (χ0n) is 16.3. The molecule has 1 saturated heterocycles. The molecule has 7 nitrogen and oxygen atoms in total. The molecule has 0 bridgehead atoms. The zero-order valence-corrected chi connectivity index (χ0v) is 17.1. The number of ether oxygens (including phenoxy) is 1. The van der Waals surface area contributed by atoms with E-state index in [2.05, 4.69) is 4.72 Å². The van der Waals surface area contributed by atoms with E-state index in [1.54, 1.807) is 32.6 Å². The Labute approximate surface area is 161 Å². The van der Waals surface area contributed by atoms with Gasteiger partial charge in [-0.15, -0.1) is 0 Å². The molecule has 2 rings (SSSR count). The highest BCUT2D eigenvalue weighted by molar-refractivity contribution is 7.89. The van der Waals surface area contributed by atoms with Gasteiger partial charge in [0, 0.05) is 24.2 Å². The molecule has 1 aliphatic rings. The Hall–Kier alpha value is -1.93. The minimum atomic E-state index is -3.65. The maximum Gasteiger partial charge on any atom is 0.310 e. The van der Waals surface area contributed by atoms with Crippen LogP contribution in [0, 0.1) is 5.92 Å². The van der Waals surface area contributed by atoms with Crippen molar-refractivity contribution < 1.29 is 22.7 Å².